The number of alkyl halides is 1. The number of aromatic nitrogens is 1. The van der Waals surface area contributed by atoms with Crippen molar-refractivity contribution in [3.05, 3.63) is 71.2 Å². The Labute approximate surface area is 274 Å². The number of anilines is 2. The number of aryl methyl sites for hydroxylation is 1. The van der Waals surface area contributed by atoms with Crippen molar-refractivity contribution in [3.63, 3.8) is 0 Å². The monoisotopic (exact) mass is 639 g/mol. The average Bonchev–Trinajstić information content (AvgIpc) is 3.06. The van der Waals surface area contributed by atoms with Crippen LogP contribution in [0.25, 0.3) is 10.8 Å². The fourth-order valence-corrected chi connectivity index (χ4v) is 7.45. The topological polar surface area (TPSA) is 99.7 Å². The van der Waals surface area contributed by atoms with Gasteiger partial charge in [0, 0.05) is 49.4 Å². The summed E-state index contributed by atoms with van der Waals surface area (Å²) in [5.74, 6) is -1.83. The minimum absolute atomic E-state index is 0.0138. The molecule has 2 aromatic carbocycles. The summed E-state index contributed by atoms with van der Waals surface area (Å²) in [5, 5.41) is 22.4. The van der Waals surface area contributed by atoms with Crippen LogP contribution in [0.4, 0.5) is 20.2 Å². The molecule has 1 aromatic heterocycles. The molecule has 6 rings (SSSR count). The molecule has 2 atom stereocenters. The number of pyridine rings is 1. The van der Waals surface area contributed by atoms with Crippen molar-refractivity contribution in [1.82, 2.24) is 14.8 Å². The van der Waals surface area contributed by atoms with E-state index < -0.39 is 23.4 Å². The number of likely N-dealkylation sites (tertiary alicyclic amines) is 1. The lowest BCUT2D eigenvalue weighted by molar-refractivity contribution is -0.131. The van der Waals surface area contributed by atoms with E-state index in [-0.39, 0.29) is 44.1 Å². The summed E-state index contributed by atoms with van der Waals surface area (Å²) in [6.07, 6.45) is 1.63. The van der Waals surface area contributed by atoms with Gasteiger partial charge in [0.1, 0.15) is 18.2 Å². The van der Waals surface area contributed by atoms with Gasteiger partial charge in [0.15, 0.2) is 11.5 Å². The molecular weight excluding hydrogens is 600 g/mol. The molecule has 3 aromatic rings. The molecule has 0 N–H and O–H groups in total. The van der Waals surface area contributed by atoms with E-state index >= 15 is 4.39 Å². The van der Waals surface area contributed by atoms with Crippen LogP contribution in [0.1, 0.15) is 41.6 Å². The number of carbonyl (C=O) groups is 1. The highest BCUT2D eigenvalue weighted by Gasteiger charge is 2.38. The molecule has 0 saturated carbocycles. The second kappa shape index (κ2) is 13.2. The van der Waals surface area contributed by atoms with Crippen molar-refractivity contribution in [3.8, 4) is 18.0 Å². The Kier molecular flexibility index (Phi) is 9.03. The number of benzene rings is 2. The standard InChI is InChI=1S/C36H39F2N7O2/c1-24-7-4-8-26-9-5-10-31(32(24)26)43-16-12-28-30(21-43)41-34(47-23-36(38)13-6-15-42(3)22-36)29(19-40)33(28)44-17-18-45(35(46)25(2)37)27(20-44)11-14-39/h4-5,7-10,27H,2,6,11-13,15-18,20-23H2,1,3H3/t27-,36+/m0/s1. The van der Waals surface area contributed by atoms with E-state index in [0.29, 0.717) is 44.6 Å². The molecule has 2 fully saturated rings. The van der Waals surface area contributed by atoms with Gasteiger partial charge in [-0.1, -0.05) is 36.9 Å². The number of hydrogen-bond donors (Lipinski definition) is 0. The first-order chi connectivity index (χ1) is 22.6. The zero-order valence-corrected chi connectivity index (χ0v) is 26.9. The summed E-state index contributed by atoms with van der Waals surface area (Å²) >= 11 is 0. The summed E-state index contributed by atoms with van der Waals surface area (Å²) in [5.41, 5.74) is 3.12. The third-order valence-corrected chi connectivity index (χ3v) is 9.64. The van der Waals surface area contributed by atoms with Gasteiger partial charge in [-0.25, -0.2) is 13.8 Å². The molecule has 9 nitrogen and oxygen atoms in total. The van der Waals surface area contributed by atoms with Crippen molar-refractivity contribution in [2.45, 2.75) is 50.9 Å². The van der Waals surface area contributed by atoms with E-state index in [1.807, 2.05) is 29.0 Å². The lowest BCUT2D eigenvalue weighted by Gasteiger charge is -2.43. The first-order valence-corrected chi connectivity index (χ1v) is 16.1. The van der Waals surface area contributed by atoms with Gasteiger partial charge in [0.2, 0.25) is 5.88 Å². The van der Waals surface area contributed by atoms with Crippen LogP contribution >= 0.6 is 0 Å². The fraction of sp³-hybridized carbons (Fsp3) is 0.444. The van der Waals surface area contributed by atoms with Crippen LogP contribution in [0, 0.1) is 29.6 Å². The van der Waals surface area contributed by atoms with Crippen LogP contribution in [0.3, 0.4) is 0 Å². The quantitative estimate of drug-likeness (QED) is 0.325. The Morgan fingerprint density at radius 2 is 1.94 bits per heavy atom. The highest BCUT2D eigenvalue weighted by Crippen LogP contribution is 2.40. The highest BCUT2D eigenvalue weighted by molar-refractivity contribution is 5.97. The molecule has 0 unspecified atom stereocenters. The van der Waals surface area contributed by atoms with Gasteiger partial charge in [-0.3, -0.25) is 4.79 Å². The van der Waals surface area contributed by atoms with Gasteiger partial charge in [-0.2, -0.15) is 10.5 Å². The van der Waals surface area contributed by atoms with E-state index in [4.69, 9.17) is 9.72 Å². The van der Waals surface area contributed by atoms with E-state index in [1.54, 1.807) is 0 Å². The zero-order valence-electron chi connectivity index (χ0n) is 26.9. The van der Waals surface area contributed by atoms with Gasteiger partial charge in [-0.15, -0.1) is 0 Å². The van der Waals surface area contributed by atoms with Gasteiger partial charge in [0.25, 0.3) is 5.91 Å². The Bertz CT molecular complexity index is 1800. The van der Waals surface area contributed by atoms with E-state index in [0.717, 1.165) is 28.9 Å². The molecular formula is C36H39F2N7O2. The van der Waals surface area contributed by atoms with Crippen molar-refractivity contribution in [2.24, 2.45) is 0 Å². The molecule has 4 heterocycles. The second-order valence-corrected chi connectivity index (χ2v) is 12.9. The molecule has 11 heteroatoms. The number of carbonyl (C=O) groups excluding carboxylic acids is 1. The summed E-state index contributed by atoms with van der Waals surface area (Å²) in [7, 11) is 1.88. The zero-order chi connectivity index (χ0) is 33.3. The number of piperazine rings is 1. The van der Waals surface area contributed by atoms with Crippen LogP contribution in [0.5, 0.6) is 5.88 Å². The smallest absolute Gasteiger partial charge is 0.282 e. The van der Waals surface area contributed by atoms with E-state index in [9.17, 15) is 19.7 Å². The Balaban J connectivity index is 1.41. The number of halogens is 2. The third kappa shape index (κ3) is 6.33. The molecule has 1 amide bonds. The van der Waals surface area contributed by atoms with Crippen LogP contribution in [-0.2, 0) is 17.8 Å². The lowest BCUT2D eigenvalue weighted by Crippen LogP contribution is -2.55. The Morgan fingerprint density at radius 1 is 1.15 bits per heavy atom. The fourth-order valence-electron chi connectivity index (χ4n) is 7.45. The van der Waals surface area contributed by atoms with Crippen molar-refractivity contribution < 1.29 is 18.3 Å². The minimum atomic E-state index is -1.58. The largest absolute Gasteiger partial charge is 0.473 e. The first kappa shape index (κ1) is 32.2. The lowest BCUT2D eigenvalue weighted by atomic mass is 9.95. The molecule has 0 aliphatic carbocycles. The predicted octanol–water partition coefficient (Wildman–Crippen LogP) is 5.20. The molecule has 3 aliphatic rings. The Hall–Kier alpha value is -4.74. The van der Waals surface area contributed by atoms with Crippen LogP contribution in [0.2, 0.25) is 0 Å². The van der Waals surface area contributed by atoms with Crippen LogP contribution < -0.4 is 14.5 Å². The third-order valence-electron chi connectivity index (χ3n) is 9.64. The van der Waals surface area contributed by atoms with Crippen LogP contribution in [-0.4, -0.2) is 85.3 Å². The maximum atomic E-state index is 15.9. The van der Waals surface area contributed by atoms with Gasteiger partial charge in [0.05, 0.1) is 36.5 Å². The first-order valence-electron chi connectivity index (χ1n) is 16.1. The summed E-state index contributed by atoms with van der Waals surface area (Å²) in [6.45, 7) is 7.84. The predicted molar refractivity (Wildman–Crippen MR) is 177 cm³/mol. The number of nitriles is 2. The van der Waals surface area contributed by atoms with Crippen molar-refractivity contribution in [2.75, 3.05) is 62.7 Å². The number of piperidine rings is 1. The normalized spacial score (nSPS) is 21.6. The highest BCUT2D eigenvalue weighted by atomic mass is 19.1. The molecule has 3 aliphatic heterocycles. The van der Waals surface area contributed by atoms with Gasteiger partial charge in [-0.05, 0) is 56.8 Å². The van der Waals surface area contributed by atoms with Gasteiger partial charge >= 0.3 is 0 Å². The summed E-state index contributed by atoms with van der Waals surface area (Å²) in [6, 6.07) is 16.3. The number of hydrogen-bond acceptors (Lipinski definition) is 8. The number of fused-ring (bicyclic) bond motifs is 2. The second-order valence-electron chi connectivity index (χ2n) is 12.9. The minimum Gasteiger partial charge on any atom is -0.473 e. The van der Waals surface area contributed by atoms with Crippen molar-refractivity contribution >= 4 is 28.1 Å². The van der Waals surface area contributed by atoms with E-state index in [2.05, 4.69) is 54.8 Å². The SMILES string of the molecule is C=C(F)C(=O)N1CCN(c2c(C#N)c(OC[C@@]3(F)CCCN(C)C3)nc3c2CCN(c2cccc4cccc(C)c24)C3)C[C@@H]1CC#N. The molecule has 0 radical (unpaired) electrons. The number of amides is 1. The van der Waals surface area contributed by atoms with Crippen molar-refractivity contribution in [1.29, 1.82) is 10.5 Å². The van der Waals surface area contributed by atoms with E-state index in [1.165, 1.54) is 15.8 Å². The summed E-state index contributed by atoms with van der Waals surface area (Å²) < 4.78 is 36.0. The molecule has 0 spiro atoms. The number of ether oxygens (including phenoxy) is 1. The molecule has 2 saturated heterocycles. The number of nitrogens with zero attached hydrogens (tertiary/aromatic N) is 7. The average molecular weight is 640 g/mol. The maximum absolute atomic E-state index is 15.9. The summed E-state index contributed by atoms with van der Waals surface area (Å²) in [4.78, 5) is 25.1. The molecule has 47 heavy (non-hydrogen) atoms. The molecule has 244 valence electrons. The number of rotatable bonds is 7. The Morgan fingerprint density at radius 3 is 2.66 bits per heavy atom. The maximum Gasteiger partial charge on any atom is 0.282 e. The molecule has 0 bridgehead atoms. The van der Waals surface area contributed by atoms with Crippen LogP contribution in [0.15, 0.2) is 48.8 Å². The van der Waals surface area contributed by atoms with Gasteiger partial charge < -0.3 is 24.3 Å².